The maximum Gasteiger partial charge on any atom is 0.254 e. The minimum atomic E-state index is -1.89. The van der Waals surface area contributed by atoms with E-state index in [0.717, 1.165) is 9.80 Å². The average Bonchev–Trinajstić information content (AvgIpc) is 3.37. The van der Waals surface area contributed by atoms with Gasteiger partial charge in [0.2, 0.25) is 11.8 Å². The van der Waals surface area contributed by atoms with Crippen LogP contribution in [0.2, 0.25) is 0 Å². The molecule has 170 valence electrons. The van der Waals surface area contributed by atoms with Crippen LogP contribution in [-0.4, -0.2) is 60.8 Å². The standard InChI is InChI=1S/C21H19BrCl2N2O6/c1-25-16(28)11-4-3-10-12(14(11)17(25)29)6-20(23)18(30)26(8-22)19(31)21(20,24)15(10)13-5-2-9(7-27)32-13/h2-3,5,11-12,14-15,27H,4,6-8H2,1H3. The second-order valence-electron chi connectivity index (χ2n) is 8.68. The molecule has 11 heteroatoms. The van der Waals surface area contributed by atoms with Gasteiger partial charge >= 0.3 is 0 Å². The van der Waals surface area contributed by atoms with Crippen LogP contribution in [0.4, 0.5) is 0 Å². The van der Waals surface area contributed by atoms with Gasteiger partial charge in [-0.3, -0.25) is 29.0 Å². The molecule has 1 N–H and O–H groups in total. The first-order valence-corrected chi connectivity index (χ1v) is 12.0. The van der Waals surface area contributed by atoms with Gasteiger partial charge in [-0.2, -0.15) is 0 Å². The summed E-state index contributed by atoms with van der Waals surface area (Å²) in [5.74, 6) is -4.14. The van der Waals surface area contributed by atoms with Gasteiger partial charge < -0.3 is 9.52 Å². The predicted octanol–water partition coefficient (Wildman–Crippen LogP) is 2.11. The third-order valence-corrected chi connectivity index (χ3v) is 9.27. The molecular formula is C21H19BrCl2N2O6. The molecular weight excluding hydrogens is 527 g/mol. The Morgan fingerprint density at radius 3 is 2.50 bits per heavy atom. The van der Waals surface area contributed by atoms with Crippen LogP contribution in [0.1, 0.15) is 30.3 Å². The lowest BCUT2D eigenvalue weighted by molar-refractivity contribution is -0.140. The van der Waals surface area contributed by atoms with Crippen LogP contribution in [0.3, 0.4) is 0 Å². The molecule has 6 unspecified atom stereocenters. The van der Waals surface area contributed by atoms with Gasteiger partial charge in [0.1, 0.15) is 18.1 Å². The molecule has 3 heterocycles. The molecule has 0 radical (unpaired) electrons. The van der Waals surface area contributed by atoms with E-state index in [0.29, 0.717) is 12.0 Å². The fourth-order valence-corrected chi connectivity index (χ4v) is 7.26. The third-order valence-electron chi connectivity index (χ3n) is 7.36. The van der Waals surface area contributed by atoms with Gasteiger partial charge in [-0.15, -0.1) is 23.2 Å². The van der Waals surface area contributed by atoms with Crippen molar-refractivity contribution in [3.05, 3.63) is 35.3 Å². The number of aliphatic hydroxyl groups is 1. The molecule has 3 fully saturated rings. The van der Waals surface area contributed by atoms with E-state index in [2.05, 4.69) is 15.9 Å². The van der Waals surface area contributed by atoms with Crippen LogP contribution in [0.15, 0.2) is 28.2 Å². The first-order valence-electron chi connectivity index (χ1n) is 10.1. The second kappa shape index (κ2) is 7.16. The maximum absolute atomic E-state index is 13.5. The molecule has 6 atom stereocenters. The molecule has 1 aromatic rings. The van der Waals surface area contributed by atoms with E-state index in [1.54, 1.807) is 12.1 Å². The average molecular weight is 546 g/mol. The van der Waals surface area contributed by atoms with Gasteiger partial charge in [-0.05, 0) is 30.9 Å². The van der Waals surface area contributed by atoms with E-state index >= 15 is 0 Å². The zero-order valence-electron chi connectivity index (χ0n) is 16.9. The number of allylic oxidation sites excluding steroid dienone is 2. The van der Waals surface area contributed by atoms with Crippen LogP contribution in [0, 0.1) is 17.8 Å². The summed E-state index contributed by atoms with van der Waals surface area (Å²) >= 11 is 17.2. The Bertz CT molecular complexity index is 1100. The lowest BCUT2D eigenvalue weighted by atomic mass is 9.57. The number of furan rings is 1. The van der Waals surface area contributed by atoms with E-state index in [4.69, 9.17) is 27.6 Å². The quantitative estimate of drug-likeness (QED) is 0.270. The number of rotatable bonds is 3. The zero-order chi connectivity index (χ0) is 23.2. The number of hydrogen-bond acceptors (Lipinski definition) is 6. The molecule has 1 saturated carbocycles. The smallest absolute Gasteiger partial charge is 0.254 e. The minimum absolute atomic E-state index is 0.0595. The van der Waals surface area contributed by atoms with E-state index in [-0.39, 0.29) is 41.8 Å². The summed E-state index contributed by atoms with van der Waals surface area (Å²) in [6.07, 6.45) is 2.08. The minimum Gasteiger partial charge on any atom is -0.463 e. The normalized spacial score (nSPS) is 38.7. The monoisotopic (exact) mass is 544 g/mol. The van der Waals surface area contributed by atoms with Gasteiger partial charge in [-0.25, -0.2) is 0 Å². The number of halogens is 3. The molecule has 1 aromatic heterocycles. The van der Waals surface area contributed by atoms with Crippen molar-refractivity contribution in [1.82, 2.24) is 9.80 Å². The number of imide groups is 2. The van der Waals surface area contributed by atoms with E-state index < -0.39 is 45.2 Å². The molecule has 4 aliphatic rings. The van der Waals surface area contributed by atoms with Crippen molar-refractivity contribution in [2.75, 3.05) is 12.5 Å². The molecule has 2 saturated heterocycles. The number of nitrogens with zero attached hydrogens (tertiary/aromatic N) is 2. The lowest BCUT2D eigenvalue weighted by Gasteiger charge is -2.49. The van der Waals surface area contributed by atoms with Gasteiger partial charge in [0.15, 0.2) is 9.75 Å². The Hall–Kier alpha value is -1.68. The molecule has 2 aliphatic carbocycles. The number of alkyl halides is 3. The Balaban J connectivity index is 1.73. The first-order chi connectivity index (χ1) is 15.1. The summed E-state index contributed by atoms with van der Waals surface area (Å²) in [4.78, 5) is 50.8. The van der Waals surface area contributed by atoms with Gasteiger partial charge in [0.05, 0.1) is 23.2 Å². The van der Waals surface area contributed by atoms with Gasteiger partial charge in [0.25, 0.3) is 11.8 Å². The van der Waals surface area contributed by atoms with E-state index in [1.807, 2.05) is 6.08 Å². The third kappa shape index (κ3) is 2.48. The molecule has 5 rings (SSSR count). The van der Waals surface area contributed by atoms with Gasteiger partial charge in [0, 0.05) is 7.05 Å². The topological polar surface area (TPSA) is 108 Å². The van der Waals surface area contributed by atoms with Crippen molar-refractivity contribution in [2.45, 2.75) is 35.1 Å². The number of amides is 4. The van der Waals surface area contributed by atoms with Crippen LogP contribution in [0.25, 0.3) is 0 Å². The number of hydrogen-bond donors (Lipinski definition) is 1. The van der Waals surface area contributed by atoms with Crippen molar-refractivity contribution in [3.8, 4) is 0 Å². The number of carbonyl (C=O) groups excluding carboxylic acids is 4. The van der Waals surface area contributed by atoms with Crippen molar-refractivity contribution in [2.24, 2.45) is 17.8 Å². The number of aliphatic hydroxyl groups excluding tert-OH is 1. The summed E-state index contributed by atoms with van der Waals surface area (Å²) in [5.41, 5.74) is 0.571. The summed E-state index contributed by atoms with van der Waals surface area (Å²) < 4.78 is 5.78. The highest BCUT2D eigenvalue weighted by molar-refractivity contribution is 9.09. The lowest BCUT2D eigenvalue weighted by Crippen LogP contribution is -2.60. The number of fused-ring (bicyclic) bond motifs is 4. The zero-order valence-corrected chi connectivity index (χ0v) is 20.0. The SMILES string of the molecule is CN1C(=O)C2CC=C3C(CC4(Cl)C(=O)N(CBr)C(=O)C4(Cl)C3c3ccc(CO)o3)C2C1=O. The Morgan fingerprint density at radius 1 is 1.16 bits per heavy atom. The van der Waals surface area contributed by atoms with E-state index in [9.17, 15) is 24.3 Å². The maximum atomic E-state index is 13.5. The van der Waals surface area contributed by atoms with Crippen molar-refractivity contribution >= 4 is 62.8 Å². The predicted molar refractivity (Wildman–Crippen MR) is 116 cm³/mol. The molecule has 32 heavy (non-hydrogen) atoms. The highest BCUT2D eigenvalue weighted by Gasteiger charge is 2.76. The Kier molecular flexibility index (Phi) is 4.95. The molecule has 0 aromatic carbocycles. The molecule has 4 amide bonds. The Labute approximate surface area is 201 Å². The summed E-state index contributed by atoms with van der Waals surface area (Å²) in [5, 5.41) is 9.48. The number of carbonyl (C=O) groups is 4. The van der Waals surface area contributed by atoms with Crippen molar-refractivity contribution < 1.29 is 28.7 Å². The molecule has 0 spiro atoms. The van der Waals surface area contributed by atoms with Crippen LogP contribution >= 0.6 is 39.1 Å². The van der Waals surface area contributed by atoms with Crippen LogP contribution in [0.5, 0.6) is 0 Å². The summed E-state index contributed by atoms with van der Waals surface area (Å²) in [7, 11) is 1.45. The first kappa shape index (κ1) is 22.1. The highest BCUT2D eigenvalue weighted by atomic mass is 79.9. The van der Waals surface area contributed by atoms with Crippen LogP contribution in [-0.2, 0) is 25.8 Å². The highest BCUT2D eigenvalue weighted by Crippen LogP contribution is 2.65. The summed E-state index contributed by atoms with van der Waals surface area (Å²) in [6.45, 7) is -0.362. The molecule has 0 bridgehead atoms. The number of likely N-dealkylation sites (tertiary alicyclic amines) is 2. The largest absolute Gasteiger partial charge is 0.463 e. The summed E-state index contributed by atoms with van der Waals surface area (Å²) in [6, 6.07) is 3.15. The van der Waals surface area contributed by atoms with Crippen molar-refractivity contribution in [3.63, 3.8) is 0 Å². The Morgan fingerprint density at radius 2 is 1.88 bits per heavy atom. The van der Waals surface area contributed by atoms with E-state index in [1.165, 1.54) is 7.05 Å². The molecule has 8 nitrogen and oxygen atoms in total. The fourth-order valence-electron chi connectivity index (χ4n) is 5.86. The fraction of sp³-hybridized carbons (Fsp3) is 0.524. The van der Waals surface area contributed by atoms with Crippen molar-refractivity contribution in [1.29, 1.82) is 0 Å². The van der Waals surface area contributed by atoms with Crippen LogP contribution < -0.4 is 0 Å². The molecule has 2 aliphatic heterocycles. The second-order valence-corrected chi connectivity index (χ2v) is 10.4. The van der Waals surface area contributed by atoms with Gasteiger partial charge in [-0.1, -0.05) is 27.6 Å².